The van der Waals surface area contributed by atoms with E-state index in [1.807, 2.05) is 6.07 Å². The molecule has 2 rings (SSSR count). The third-order valence-electron chi connectivity index (χ3n) is 4.66. The smallest absolute Gasteiger partial charge is 0.408 e. The fourth-order valence-electron chi connectivity index (χ4n) is 3.39. The van der Waals surface area contributed by atoms with Gasteiger partial charge in [-0.2, -0.15) is 5.26 Å². The van der Waals surface area contributed by atoms with Crippen LogP contribution in [0.1, 0.15) is 45.0 Å². The van der Waals surface area contributed by atoms with E-state index >= 15 is 4.39 Å². The summed E-state index contributed by atoms with van der Waals surface area (Å²) in [4.78, 5) is 39.8. The third kappa shape index (κ3) is 5.56. The average Bonchev–Trinajstić information content (AvgIpc) is 3.21. The predicted molar refractivity (Wildman–Crippen MR) is 122 cm³/mol. The van der Waals surface area contributed by atoms with Crippen LogP contribution in [0.2, 0.25) is 0 Å². The van der Waals surface area contributed by atoms with Crippen LogP contribution in [0.4, 0.5) is 9.18 Å². The molecule has 0 aliphatic carbocycles. The second-order valence-electron chi connectivity index (χ2n) is 8.12. The van der Waals surface area contributed by atoms with Crippen LogP contribution in [-0.2, 0) is 29.3 Å². The van der Waals surface area contributed by atoms with Gasteiger partial charge >= 0.3 is 18.0 Å². The number of carbonyl (C=O) groups is 3. The van der Waals surface area contributed by atoms with E-state index in [2.05, 4.69) is 21.2 Å². The van der Waals surface area contributed by atoms with Gasteiger partial charge in [0.1, 0.15) is 23.2 Å². The Hall–Kier alpha value is -3.39. The van der Waals surface area contributed by atoms with Gasteiger partial charge in [0.2, 0.25) is 5.54 Å². The fourth-order valence-corrected chi connectivity index (χ4v) is 3.75. The maximum Gasteiger partial charge on any atom is 0.408 e. The van der Waals surface area contributed by atoms with E-state index in [9.17, 15) is 19.6 Å². The van der Waals surface area contributed by atoms with Gasteiger partial charge < -0.3 is 18.8 Å². The van der Waals surface area contributed by atoms with Crippen LogP contribution in [-0.4, -0.2) is 41.9 Å². The van der Waals surface area contributed by atoms with Gasteiger partial charge in [-0.1, -0.05) is 15.9 Å². The minimum absolute atomic E-state index is 0.0505. The molecule has 1 aromatic carbocycles. The van der Waals surface area contributed by atoms with Crippen molar-refractivity contribution in [3.05, 3.63) is 58.1 Å². The highest BCUT2D eigenvalue weighted by atomic mass is 79.9. The molecule has 34 heavy (non-hydrogen) atoms. The first kappa shape index (κ1) is 26.9. The summed E-state index contributed by atoms with van der Waals surface area (Å²) in [5.74, 6) is -3.13. The summed E-state index contributed by atoms with van der Waals surface area (Å²) in [6.45, 7) is 6.13. The van der Waals surface area contributed by atoms with Crippen molar-refractivity contribution in [3.63, 3.8) is 0 Å². The van der Waals surface area contributed by atoms with Gasteiger partial charge in [-0.05, 0) is 58.0 Å². The molecule has 0 aliphatic heterocycles. The first-order chi connectivity index (χ1) is 15.9. The Kier molecular flexibility index (Phi) is 8.45. The Bertz CT molecular complexity index is 1120. The minimum atomic E-state index is -2.52. The van der Waals surface area contributed by atoms with E-state index < -0.39 is 46.6 Å². The quantitative estimate of drug-likeness (QED) is 0.419. The largest absolute Gasteiger partial charge is 0.467 e. The number of carbonyl (C=O) groups excluding carboxylic acids is 3. The van der Waals surface area contributed by atoms with Crippen molar-refractivity contribution in [1.29, 1.82) is 5.26 Å². The van der Waals surface area contributed by atoms with Crippen molar-refractivity contribution in [1.82, 2.24) is 9.88 Å². The van der Waals surface area contributed by atoms with E-state index in [-0.39, 0.29) is 12.3 Å². The van der Waals surface area contributed by atoms with E-state index in [1.165, 1.54) is 37.4 Å². The number of methoxy groups -OCH3 is 1. The molecule has 0 bridgehead atoms. The molecule has 0 spiro atoms. The number of alkyl carbamates (subject to hydrolysis) is 1. The lowest BCUT2D eigenvalue weighted by Gasteiger charge is -2.39. The molecular formula is C23H25BrFN3O6. The van der Waals surface area contributed by atoms with Gasteiger partial charge in [-0.15, -0.1) is 0 Å². The number of aromatic nitrogens is 1. The van der Waals surface area contributed by atoms with Crippen LogP contribution in [0.25, 0.3) is 0 Å². The number of hydrogen-bond donors (Lipinski definition) is 1. The number of nitrogens with one attached hydrogen (secondary N) is 1. The molecule has 0 aliphatic rings. The zero-order valence-corrected chi connectivity index (χ0v) is 20.9. The van der Waals surface area contributed by atoms with Gasteiger partial charge in [0, 0.05) is 16.2 Å². The van der Waals surface area contributed by atoms with Crippen molar-refractivity contribution >= 4 is 34.0 Å². The molecule has 0 radical (unpaired) electrons. The normalized spacial score (nSPS) is 13.7. The highest BCUT2D eigenvalue weighted by molar-refractivity contribution is 9.10. The number of rotatable bonds is 7. The van der Waals surface area contributed by atoms with E-state index in [0.29, 0.717) is 4.47 Å². The van der Waals surface area contributed by atoms with Gasteiger partial charge in [-0.3, -0.25) is 5.32 Å². The molecule has 11 heteroatoms. The zero-order valence-electron chi connectivity index (χ0n) is 19.3. The Balaban J connectivity index is 2.99. The van der Waals surface area contributed by atoms with Crippen LogP contribution >= 0.6 is 15.9 Å². The number of halogens is 2. The van der Waals surface area contributed by atoms with Crippen molar-refractivity contribution in [2.75, 3.05) is 13.7 Å². The Morgan fingerprint density at radius 1 is 1.26 bits per heavy atom. The van der Waals surface area contributed by atoms with Crippen molar-refractivity contribution in [3.8, 4) is 6.07 Å². The molecule has 182 valence electrons. The van der Waals surface area contributed by atoms with Crippen LogP contribution < -0.4 is 5.32 Å². The van der Waals surface area contributed by atoms with Gasteiger partial charge in [-0.25, -0.2) is 18.8 Å². The maximum atomic E-state index is 15.4. The lowest BCUT2D eigenvalue weighted by Crippen LogP contribution is -2.61. The molecule has 2 atom stereocenters. The molecule has 1 heterocycles. The number of benzene rings is 1. The van der Waals surface area contributed by atoms with Crippen LogP contribution in [0, 0.1) is 17.1 Å². The number of nitrogens with zero attached hydrogens (tertiary/aromatic N) is 2. The summed E-state index contributed by atoms with van der Waals surface area (Å²) >= 11 is 3.23. The molecule has 0 fully saturated rings. The number of ether oxygens (including phenoxy) is 3. The van der Waals surface area contributed by atoms with E-state index in [4.69, 9.17) is 14.2 Å². The van der Waals surface area contributed by atoms with Gasteiger partial charge in [0.05, 0.1) is 13.7 Å². The summed E-state index contributed by atoms with van der Waals surface area (Å²) in [6.07, 6.45) is 0.209. The van der Waals surface area contributed by atoms with Crippen LogP contribution in [0.15, 0.2) is 41.0 Å². The molecule has 2 aromatic rings. The molecule has 1 N–H and O–H groups in total. The lowest BCUT2D eigenvalue weighted by atomic mass is 9.81. The standard InChI is InChI=1S/C23H25BrFN3O6/c1-6-33-20(30)23(27-21(31)34-22(2,3)4,16-12-14(24)9-10-17(16)25)18(19(29)32-5)28-11-7-8-15(28)13-26/h7-12,18H,6H2,1-5H3,(H,27,31). The number of esters is 2. The van der Waals surface area contributed by atoms with E-state index in [0.717, 1.165) is 17.7 Å². The fraction of sp³-hybridized carbons (Fsp3) is 0.391. The topological polar surface area (TPSA) is 120 Å². The second-order valence-corrected chi connectivity index (χ2v) is 9.03. The van der Waals surface area contributed by atoms with Crippen molar-refractivity contribution < 1.29 is 33.0 Å². The number of amides is 1. The van der Waals surface area contributed by atoms with Crippen molar-refractivity contribution in [2.24, 2.45) is 0 Å². The first-order valence-electron chi connectivity index (χ1n) is 10.2. The summed E-state index contributed by atoms with van der Waals surface area (Å²) < 4.78 is 32.3. The molecule has 2 unspecified atom stereocenters. The van der Waals surface area contributed by atoms with Crippen LogP contribution in [0.3, 0.4) is 0 Å². The third-order valence-corrected chi connectivity index (χ3v) is 5.15. The lowest BCUT2D eigenvalue weighted by molar-refractivity contribution is -0.162. The molecule has 0 saturated carbocycles. The zero-order chi connectivity index (χ0) is 25.7. The highest BCUT2D eigenvalue weighted by Gasteiger charge is 2.57. The monoisotopic (exact) mass is 537 g/mol. The molecule has 1 aromatic heterocycles. The number of hydrogen-bond acceptors (Lipinski definition) is 7. The molecule has 1 amide bonds. The first-order valence-corrected chi connectivity index (χ1v) is 11.0. The molecular weight excluding hydrogens is 513 g/mol. The summed E-state index contributed by atoms with van der Waals surface area (Å²) in [5, 5.41) is 12.0. The summed E-state index contributed by atoms with van der Waals surface area (Å²) in [6, 6.07) is 6.63. The summed E-state index contributed by atoms with van der Waals surface area (Å²) in [7, 11) is 1.06. The van der Waals surface area contributed by atoms with E-state index in [1.54, 1.807) is 20.8 Å². The van der Waals surface area contributed by atoms with Gasteiger partial charge in [0.25, 0.3) is 0 Å². The Morgan fingerprint density at radius 3 is 2.50 bits per heavy atom. The second kappa shape index (κ2) is 10.7. The number of nitriles is 1. The predicted octanol–water partition coefficient (Wildman–Crippen LogP) is 3.96. The van der Waals surface area contributed by atoms with Crippen LogP contribution in [0.5, 0.6) is 0 Å². The highest BCUT2D eigenvalue weighted by Crippen LogP contribution is 2.40. The maximum absolute atomic E-state index is 15.4. The van der Waals surface area contributed by atoms with Gasteiger partial charge in [0.15, 0.2) is 6.04 Å². The summed E-state index contributed by atoms with van der Waals surface area (Å²) in [5.41, 5.74) is -3.97. The average molecular weight is 538 g/mol. The molecule has 9 nitrogen and oxygen atoms in total. The Labute approximate surface area is 204 Å². The Morgan fingerprint density at radius 2 is 1.94 bits per heavy atom. The molecule has 0 saturated heterocycles. The van der Waals surface area contributed by atoms with Crippen molar-refractivity contribution in [2.45, 2.75) is 44.9 Å². The SMILES string of the molecule is CCOC(=O)C(NC(=O)OC(C)(C)C)(c1cc(Br)ccc1F)C(C(=O)OC)n1cccc1C#N. The minimum Gasteiger partial charge on any atom is -0.467 e.